The number of benzene rings is 3. The van der Waals surface area contributed by atoms with E-state index in [0.717, 1.165) is 16.7 Å². The molecular weight excluding hydrogens is 414 g/mol. The van der Waals surface area contributed by atoms with E-state index in [9.17, 15) is 9.90 Å². The van der Waals surface area contributed by atoms with E-state index < -0.39 is 17.1 Å². The number of aliphatic hydroxyl groups is 1. The first-order valence-corrected chi connectivity index (χ1v) is 11.3. The second kappa shape index (κ2) is 11.8. The summed E-state index contributed by atoms with van der Waals surface area (Å²) in [5, 5.41) is 12.0. The first-order chi connectivity index (χ1) is 16.0. The summed E-state index contributed by atoms with van der Waals surface area (Å²) in [5.74, 6) is -0.615. The summed E-state index contributed by atoms with van der Waals surface area (Å²) in [6, 6.07) is 28.9. The highest BCUT2D eigenvalue weighted by molar-refractivity contribution is 5.83. The third-order valence-corrected chi connectivity index (χ3v) is 5.91. The number of nitrogens with two attached hydrogens (primary N) is 1. The van der Waals surface area contributed by atoms with Crippen molar-refractivity contribution in [2.45, 2.75) is 43.9 Å². The molecule has 0 aliphatic rings. The number of hydrogen-bond donors (Lipinski definition) is 2. The molecule has 5 heteroatoms. The van der Waals surface area contributed by atoms with Crippen LogP contribution in [0.25, 0.3) is 0 Å². The van der Waals surface area contributed by atoms with E-state index in [1.807, 2.05) is 91.0 Å². The maximum absolute atomic E-state index is 13.2. The van der Waals surface area contributed by atoms with Crippen LogP contribution in [-0.4, -0.2) is 35.4 Å². The average Bonchev–Trinajstić information content (AvgIpc) is 2.84. The highest BCUT2D eigenvalue weighted by Crippen LogP contribution is 2.33. The quantitative estimate of drug-likeness (QED) is 0.323. The van der Waals surface area contributed by atoms with Crippen molar-refractivity contribution in [2.75, 3.05) is 13.2 Å². The number of rotatable bonds is 12. The van der Waals surface area contributed by atoms with Crippen LogP contribution >= 0.6 is 0 Å². The van der Waals surface area contributed by atoms with Crippen LogP contribution in [0, 0.1) is 0 Å². The molecule has 174 valence electrons. The predicted molar refractivity (Wildman–Crippen MR) is 130 cm³/mol. The fraction of sp³-hybridized carbons (Fsp3) is 0.321. The van der Waals surface area contributed by atoms with Crippen LogP contribution in [0.1, 0.15) is 30.0 Å². The zero-order valence-corrected chi connectivity index (χ0v) is 19.2. The van der Waals surface area contributed by atoms with Gasteiger partial charge in [-0.3, -0.25) is 0 Å². The Labute approximate surface area is 196 Å². The summed E-state index contributed by atoms with van der Waals surface area (Å²) >= 11 is 0. The molecule has 0 radical (unpaired) electrons. The summed E-state index contributed by atoms with van der Waals surface area (Å²) in [6.45, 7) is 2.57. The summed E-state index contributed by atoms with van der Waals surface area (Å²) in [7, 11) is 0. The van der Waals surface area contributed by atoms with Crippen molar-refractivity contribution in [1.29, 1.82) is 0 Å². The van der Waals surface area contributed by atoms with Crippen molar-refractivity contribution in [3.63, 3.8) is 0 Å². The highest BCUT2D eigenvalue weighted by Gasteiger charge is 2.54. The number of esters is 1. The van der Waals surface area contributed by atoms with Crippen molar-refractivity contribution in [3.8, 4) is 0 Å². The van der Waals surface area contributed by atoms with Gasteiger partial charge in [0.15, 0.2) is 0 Å². The Morgan fingerprint density at radius 2 is 1.30 bits per heavy atom. The minimum Gasteiger partial charge on any atom is -0.465 e. The van der Waals surface area contributed by atoms with Crippen LogP contribution in [0.5, 0.6) is 0 Å². The third-order valence-electron chi connectivity index (χ3n) is 5.91. The molecule has 0 aromatic heterocycles. The topological polar surface area (TPSA) is 81.8 Å². The molecule has 3 aromatic rings. The average molecular weight is 448 g/mol. The first kappa shape index (κ1) is 24.6. The number of hydrogen-bond acceptors (Lipinski definition) is 5. The molecule has 3 aromatic carbocycles. The molecule has 0 saturated carbocycles. The lowest BCUT2D eigenvalue weighted by molar-refractivity contribution is -0.164. The molecule has 2 unspecified atom stereocenters. The lowest BCUT2D eigenvalue weighted by atomic mass is 9.71. The standard InChI is InChI=1S/C28H33NO4/c1-2-33-26(30)28(29,21-24-14-8-4-9-15-24)27(31,20-23-12-6-3-7-13-23)18-19-32-22-25-16-10-5-11-17-25/h3-17,31H,2,18-22,29H2,1H3. The number of ether oxygens (including phenoxy) is 2. The molecule has 5 nitrogen and oxygen atoms in total. The fourth-order valence-electron chi connectivity index (χ4n) is 4.01. The Morgan fingerprint density at radius 1 is 0.818 bits per heavy atom. The van der Waals surface area contributed by atoms with Crippen molar-refractivity contribution < 1.29 is 19.4 Å². The Balaban J connectivity index is 1.87. The van der Waals surface area contributed by atoms with Crippen LogP contribution in [-0.2, 0) is 33.7 Å². The van der Waals surface area contributed by atoms with E-state index in [0.29, 0.717) is 6.61 Å². The van der Waals surface area contributed by atoms with Crippen LogP contribution in [0.15, 0.2) is 91.0 Å². The Bertz CT molecular complexity index is 981. The van der Waals surface area contributed by atoms with Gasteiger partial charge in [0.05, 0.1) is 18.8 Å². The SMILES string of the molecule is CCOC(=O)C(N)(Cc1ccccc1)C(O)(CCOCc1ccccc1)Cc1ccccc1. The summed E-state index contributed by atoms with van der Waals surface area (Å²) in [6.07, 6.45) is 0.524. The van der Waals surface area contributed by atoms with Gasteiger partial charge in [0.25, 0.3) is 0 Å². The van der Waals surface area contributed by atoms with Crippen LogP contribution in [0.2, 0.25) is 0 Å². The summed E-state index contributed by atoms with van der Waals surface area (Å²) < 4.78 is 11.2. The summed E-state index contributed by atoms with van der Waals surface area (Å²) in [5.41, 5.74) is 6.33. The Morgan fingerprint density at radius 3 is 1.82 bits per heavy atom. The van der Waals surface area contributed by atoms with E-state index in [-0.39, 0.29) is 32.5 Å². The van der Waals surface area contributed by atoms with Gasteiger partial charge in [-0.25, -0.2) is 4.79 Å². The predicted octanol–water partition coefficient (Wildman–Crippen LogP) is 4.07. The minimum absolute atomic E-state index is 0.148. The molecule has 0 fully saturated rings. The molecule has 0 aliphatic carbocycles. The van der Waals surface area contributed by atoms with Crippen LogP contribution in [0.4, 0.5) is 0 Å². The van der Waals surface area contributed by atoms with Gasteiger partial charge in [0.2, 0.25) is 0 Å². The Kier molecular flexibility index (Phi) is 8.78. The van der Waals surface area contributed by atoms with Gasteiger partial charge in [-0.1, -0.05) is 91.0 Å². The molecule has 0 spiro atoms. The van der Waals surface area contributed by atoms with E-state index in [2.05, 4.69) is 0 Å². The van der Waals surface area contributed by atoms with E-state index in [1.165, 1.54) is 0 Å². The molecule has 3 rings (SSSR count). The molecular formula is C28H33NO4. The van der Waals surface area contributed by atoms with Gasteiger partial charge in [-0.15, -0.1) is 0 Å². The number of carbonyl (C=O) groups is 1. The molecule has 0 bridgehead atoms. The molecule has 0 heterocycles. The maximum atomic E-state index is 13.2. The van der Waals surface area contributed by atoms with Crippen molar-refractivity contribution >= 4 is 5.97 Å². The largest absolute Gasteiger partial charge is 0.465 e. The second-order valence-corrected chi connectivity index (χ2v) is 8.34. The minimum atomic E-state index is -1.66. The van der Waals surface area contributed by atoms with Gasteiger partial charge in [0, 0.05) is 25.9 Å². The monoisotopic (exact) mass is 447 g/mol. The van der Waals surface area contributed by atoms with Crippen LogP contribution < -0.4 is 5.73 Å². The second-order valence-electron chi connectivity index (χ2n) is 8.34. The zero-order valence-electron chi connectivity index (χ0n) is 19.2. The highest BCUT2D eigenvalue weighted by atomic mass is 16.5. The maximum Gasteiger partial charge on any atom is 0.329 e. The molecule has 2 atom stereocenters. The Hall–Kier alpha value is -2.99. The van der Waals surface area contributed by atoms with E-state index in [1.54, 1.807) is 6.92 Å². The molecule has 0 saturated heterocycles. The van der Waals surface area contributed by atoms with Crippen molar-refractivity contribution in [3.05, 3.63) is 108 Å². The fourth-order valence-corrected chi connectivity index (χ4v) is 4.01. The normalized spacial score (nSPS) is 14.8. The van der Waals surface area contributed by atoms with Crippen molar-refractivity contribution in [1.82, 2.24) is 0 Å². The van der Waals surface area contributed by atoms with Gasteiger partial charge < -0.3 is 20.3 Å². The molecule has 3 N–H and O–H groups in total. The molecule has 0 aliphatic heterocycles. The van der Waals surface area contributed by atoms with Gasteiger partial charge in [-0.05, 0) is 23.6 Å². The lowest BCUT2D eigenvalue weighted by Crippen LogP contribution is -2.68. The van der Waals surface area contributed by atoms with E-state index >= 15 is 0 Å². The number of carbonyl (C=O) groups excluding carboxylic acids is 1. The third kappa shape index (κ3) is 6.51. The zero-order chi connectivity index (χ0) is 23.6. The van der Waals surface area contributed by atoms with Gasteiger partial charge >= 0.3 is 5.97 Å². The first-order valence-electron chi connectivity index (χ1n) is 11.3. The van der Waals surface area contributed by atoms with Crippen molar-refractivity contribution in [2.24, 2.45) is 5.73 Å². The lowest BCUT2D eigenvalue weighted by Gasteiger charge is -2.43. The van der Waals surface area contributed by atoms with Crippen LogP contribution in [0.3, 0.4) is 0 Å². The van der Waals surface area contributed by atoms with Gasteiger partial charge in [0.1, 0.15) is 5.54 Å². The van der Waals surface area contributed by atoms with Gasteiger partial charge in [-0.2, -0.15) is 0 Å². The molecule has 0 amide bonds. The summed E-state index contributed by atoms with van der Waals surface area (Å²) in [4.78, 5) is 13.2. The smallest absolute Gasteiger partial charge is 0.329 e. The molecule has 33 heavy (non-hydrogen) atoms. The van der Waals surface area contributed by atoms with E-state index in [4.69, 9.17) is 15.2 Å².